The second kappa shape index (κ2) is 8.21. The van der Waals surface area contributed by atoms with E-state index in [1.165, 1.54) is 24.3 Å². The summed E-state index contributed by atoms with van der Waals surface area (Å²) in [5, 5.41) is 20.1. The Kier molecular flexibility index (Phi) is 5.49. The van der Waals surface area contributed by atoms with Crippen molar-refractivity contribution in [3.8, 4) is 5.75 Å². The summed E-state index contributed by atoms with van der Waals surface area (Å²) in [5.41, 5.74) is 2.72. The highest BCUT2D eigenvalue weighted by Gasteiger charge is 2.39. The van der Waals surface area contributed by atoms with E-state index < -0.39 is 6.10 Å². The fourth-order valence-electron chi connectivity index (χ4n) is 4.08. The van der Waals surface area contributed by atoms with E-state index in [0.29, 0.717) is 17.9 Å². The predicted octanol–water partition coefficient (Wildman–Crippen LogP) is 5.36. The molecule has 150 valence electrons. The summed E-state index contributed by atoms with van der Waals surface area (Å²) in [4.78, 5) is 2.21. The summed E-state index contributed by atoms with van der Waals surface area (Å²) < 4.78 is 26.4. The van der Waals surface area contributed by atoms with Crippen LogP contribution in [0, 0.1) is 17.6 Å². The number of anilines is 1. The van der Waals surface area contributed by atoms with E-state index in [-0.39, 0.29) is 23.4 Å². The number of rotatable bonds is 6. The van der Waals surface area contributed by atoms with Crippen molar-refractivity contribution in [1.82, 2.24) is 0 Å². The van der Waals surface area contributed by atoms with Crippen LogP contribution >= 0.6 is 0 Å². The van der Waals surface area contributed by atoms with Crippen LogP contribution in [0.1, 0.15) is 36.1 Å². The Morgan fingerprint density at radius 1 is 0.862 bits per heavy atom. The molecule has 0 bridgehead atoms. The maximum atomic E-state index is 13.3. The lowest BCUT2D eigenvalue weighted by Gasteiger charge is -2.50. The molecule has 5 heteroatoms. The smallest absolute Gasteiger partial charge is 0.123 e. The molecule has 4 rings (SSSR count). The Balaban J connectivity index is 1.49. The molecule has 3 aromatic rings. The molecule has 0 saturated carbocycles. The Hall–Kier alpha value is -2.92. The van der Waals surface area contributed by atoms with Crippen molar-refractivity contribution in [3.63, 3.8) is 0 Å². The number of hydrogen-bond acceptors (Lipinski definition) is 3. The molecule has 0 aliphatic carbocycles. The second-order valence-corrected chi connectivity index (χ2v) is 7.57. The minimum atomic E-state index is -0.643. The van der Waals surface area contributed by atoms with E-state index in [9.17, 15) is 19.0 Å². The zero-order valence-corrected chi connectivity index (χ0v) is 15.9. The van der Waals surface area contributed by atoms with E-state index in [1.807, 2.05) is 12.1 Å². The molecule has 3 unspecified atom stereocenters. The molecule has 0 spiro atoms. The molecule has 0 amide bonds. The van der Waals surface area contributed by atoms with Gasteiger partial charge in [0.25, 0.3) is 0 Å². The maximum Gasteiger partial charge on any atom is 0.123 e. The van der Waals surface area contributed by atoms with Gasteiger partial charge in [-0.3, -0.25) is 0 Å². The Bertz CT molecular complexity index is 942. The average molecular weight is 395 g/mol. The Labute approximate surface area is 168 Å². The number of aliphatic hydroxyl groups is 1. The molecule has 0 aromatic heterocycles. The Morgan fingerprint density at radius 3 is 2.07 bits per heavy atom. The van der Waals surface area contributed by atoms with Gasteiger partial charge in [0.2, 0.25) is 0 Å². The summed E-state index contributed by atoms with van der Waals surface area (Å²) >= 11 is 0. The van der Waals surface area contributed by atoms with E-state index in [0.717, 1.165) is 24.2 Å². The lowest BCUT2D eigenvalue weighted by Crippen LogP contribution is -2.50. The fourth-order valence-corrected chi connectivity index (χ4v) is 4.08. The zero-order chi connectivity index (χ0) is 20.4. The first-order valence-electron chi connectivity index (χ1n) is 9.76. The molecule has 1 aliphatic rings. The first-order chi connectivity index (χ1) is 14.0. The molecule has 29 heavy (non-hydrogen) atoms. The summed E-state index contributed by atoms with van der Waals surface area (Å²) in [6.45, 7) is 0.799. The van der Waals surface area contributed by atoms with Gasteiger partial charge in [0.15, 0.2) is 0 Å². The number of benzene rings is 3. The van der Waals surface area contributed by atoms with Gasteiger partial charge < -0.3 is 15.1 Å². The van der Waals surface area contributed by atoms with Gasteiger partial charge in [-0.1, -0.05) is 24.3 Å². The largest absolute Gasteiger partial charge is 0.508 e. The number of aromatic hydroxyl groups is 1. The highest BCUT2D eigenvalue weighted by atomic mass is 19.1. The van der Waals surface area contributed by atoms with Crippen molar-refractivity contribution < 1.29 is 19.0 Å². The van der Waals surface area contributed by atoms with Crippen LogP contribution < -0.4 is 4.90 Å². The van der Waals surface area contributed by atoms with Crippen LogP contribution in [0.5, 0.6) is 5.75 Å². The van der Waals surface area contributed by atoms with E-state index >= 15 is 0 Å². The monoisotopic (exact) mass is 395 g/mol. The van der Waals surface area contributed by atoms with E-state index in [4.69, 9.17) is 0 Å². The van der Waals surface area contributed by atoms with Gasteiger partial charge in [-0.2, -0.15) is 0 Å². The van der Waals surface area contributed by atoms with Crippen molar-refractivity contribution >= 4 is 5.69 Å². The molecule has 1 fully saturated rings. The minimum absolute atomic E-state index is 0.0847. The number of nitrogens with zero attached hydrogens (tertiary/aromatic N) is 1. The minimum Gasteiger partial charge on any atom is -0.508 e. The van der Waals surface area contributed by atoms with Crippen molar-refractivity contribution in [2.24, 2.45) is 5.92 Å². The highest BCUT2D eigenvalue weighted by molar-refractivity contribution is 5.53. The molecule has 1 saturated heterocycles. The molecule has 3 aromatic carbocycles. The van der Waals surface area contributed by atoms with Gasteiger partial charge in [0.05, 0.1) is 12.1 Å². The quantitative estimate of drug-likeness (QED) is 0.590. The molecule has 2 N–H and O–H groups in total. The topological polar surface area (TPSA) is 43.7 Å². The van der Waals surface area contributed by atoms with Gasteiger partial charge in [0.1, 0.15) is 17.4 Å². The van der Waals surface area contributed by atoms with Crippen LogP contribution in [0.25, 0.3) is 0 Å². The van der Waals surface area contributed by atoms with Crippen molar-refractivity contribution in [1.29, 1.82) is 0 Å². The molecule has 0 radical (unpaired) electrons. The van der Waals surface area contributed by atoms with Crippen molar-refractivity contribution in [2.75, 3.05) is 11.4 Å². The SMILES string of the molecule is Oc1ccc(C2C(CCC(O)c3ccc(F)cc3)CN2c2ccc(F)cc2)cc1. The lowest BCUT2D eigenvalue weighted by molar-refractivity contribution is 0.144. The van der Waals surface area contributed by atoms with Gasteiger partial charge in [-0.15, -0.1) is 0 Å². The fraction of sp³-hybridized carbons (Fsp3) is 0.250. The standard InChI is InChI=1S/C24H23F2NO2/c25-19-6-1-16(2-7-19)23(29)14-5-18-15-27(21-10-8-20(26)9-11-21)24(18)17-3-12-22(28)13-4-17/h1-4,6-13,18,23-24,28-29H,5,14-15H2. The van der Waals surface area contributed by atoms with Gasteiger partial charge in [0, 0.05) is 18.2 Å². The number of phenols is 1. The third-order valence-electron chi connectivity index (χ3n) is 5.67. The first-order valence-corrected chi connectivity index (χ1v) is 9.76. The molecular weight excluding hydrogens is 372 g/mol. The molecule has 1 heterocycles. The van der Waals surface area contributed by atoms with Gasteiger partial charge >= 0.3 is 0 Å². The Morgan fingerprint density at radius 2 is 1.45 bits per heavy atom. The predicted molar refractivity (Wildman–Crippen MR) is 109 cm³/mol. The highest BCUT2D eigenvalue weighted by Crippen LogP contribution is 2.45. The van der Waals surface area contributed by atoms with Crippen LogP contribution in [-0.4, -0.2) is 16.8 Å². The van der Waals surface area contributed by atoms with Crippen LogP contribution in [-0.2, 0) is 0 Å². The normalized spacial score (nSPS) is 19.6. The summed E-state index contributed by atoms with van der Waals surface area (Å²) in [6.07, 6.45) is 0.722. The lowest BCUT2D eigenvalue weighted by atomic mass is 9.79. The van der Waals surface area contributed by atoms with Crippen molar-refractivity contribution in [3.05, 3.63) is 95.6 Å². The van der Waals surface area contributed by atoms with Crippen LogP contribution in [0.3, 0.4) is 0 Å². The zero-order valence-electron chi connectivity index (χ0n) is 15.9. The van der Waals surface area contributed by atoms with Crippen LogP contribution in [0.15, 0.2) is 72.8 Å². The molecule has 3 atom stereocenters. The van der Waals surface area contributed by atoms with Gasteiger partial charge in [-0.05, 0) is 72.5 Å². The number of phenolic OH excluding ortho intramolecular Hbond substituents is 1. The molecule has 3 nitrogen and oxygen atoms in total. The van der Waals surface area contributed by atoms with Crippen LogP contribution in [0.4, 0.5) is 14.5 Å². The van der Waals surface area contributed by atoms with Crippen molar-refractivity contribution in [2.45, 2.75) is 25.0 Å². The number of halogens is 2. The number of hydrogen-bond donors (Lipinski definition) is 2. The summed E-state index contributed by atoms with van der Waals surface area (Å²) in [5.74, 6) is -0.0684. The summed E-state index contributed by atoms with van der Waals surface area (Å²) in [7, 11) is 0. The third kappa shape index (κ3) is 4.25. The van der Waals surface area contributed by atoms with Crippen LogP contribution in [0.2, 0.25) is 0 Å². The second-order valence-electron chi connectivity index (χ2n) is 7.57. The number of aliphatic hydroxyl groups excluding tert-OH is 1. The maximum absolute atomic E-state index is 13.3. The van der Waals surface area contributed by atoms with E-state index in [1.54, 1.807) is 36.4 Å². The third-order valence-corrected chi connectivity index (χ3v) is 5.67. The summed E-state index contributed by atoms with van der Waals surface area (Å²) in [6, 6.07) is 19.6. The average Bonchev–Trinajstić information content (AvgIpc) is 2.70. The van der Waals surface area contributed by atoms with Gasteiger partial charge in [-0.25, -0.2) is 8.78 Å². The first kappa shape index (κ1) is 19.4. The van der Waals surface area contributed by atoms with E-state index in [2.05, 4.69) is 4.90 Å². The molecule has 1 aliphatic heterocycles. The molecular formula is C24H23F2NO2.